The maximum atomic E-state index is 3.95. The fourth-order valence-electron chi connectivity index (χ4n) is 0.920. The number of aromatic amines is 1. The summed E-state index contributed by atoms with van der Waals surface area (Å²) in [6.07, 6.45) is 4.40. The summed E-state index contributed by atoms with van der Waals surface area (Å²) in [5.74, 6) is 0. The molecule has 0 radical (unpaired) electrons. The van der Waals surface area contributed by atoms with E-state index in [2.05, 4.69) is 17.1 Å². The fraction of sp³-hybridized carbons (Fsp3) is 0.571. The molecular formula is C7H13AsN2. The molecule has 1 heterocycles. The van der Waals surface area contributed by atoms with Gasteiger partial charge in [-0.2, -0.15) is 0 Å². The van der Waals surface area contributed by atoms with Gasteiger partial charge in [-0.1, -0.05) is 0 Å². The number of nitrogens with zero attached hydrogens (tertiary/aromatic N) is 1. The molecule has 56 valence electrons. The van der Waals surface area contributed by atoms with Crippen LogP contribution in [0.15, 0.2) is 6.20 Å². The van der Waals surface area contributed by atoms with Gasteiger partial charge in [0.1, 0.15) is 0 Å². The zero-order valence-corrected chi connectivity index (χ0v) is 8.65. The van der Waals surface area contributed by atoms with Crippen molar-refractivity contribution in [2.75, 3.05) is 0 Å². The summed E-state index contributed by atoms with van der Waals surface area (Å²) >= 11 is 1.81. The molecule has 1 aromatic heterocycles. The van der Waals surface area contributed by atoms with Gasteiger partial charge in [0.2, 0.25) is 0 Å². The van der Waals surface area contributed by atoms with Gasteiger partial charge in [0.25, 0.3) is 0 Å². The molecule has 3 heteroatoms. The Morgan fingerprint density at radius 3 is 3.00 bits per heavy atom. The molecular weight excluding hydrogens is 187 g/mol. The Balaban J connectivity index is 2.49. The average Bonchev–Trinajstić information content (AvgIpc) is 2.31. The molecule has 10 heavy (non-hydrogen) atoms. The van der Waals surface area contributed by atoms with E-state index in [1.54, 1.807) is 0 Å². The van der Waals surface area contributed by atoms with Gasteiger partial charge < -0.3 is 0 Å². The number of aromatic nitrogens is 2. The summed E-state index contributed by atoms with van der Waals surface area (Å²) in [5.41, 5.74) is 2.60. The number of rotatable bonds is 3. The predicted octanol–water partition coefficient (Wildman–Crippen LogP) is 0.702. The maximum absolute atomic E-state index is 3.95. The third-order valence-corrected chi connectivity index (χ3v) is 2.44. The Morgan fingerprint density at radius 2 is 2.50 bits per heavy atom. The van der Waals surface area contributed by atoms with Crippen molar-refractivity contribution >= 4 is 16.9 Å². The summed E-state index contributed by atoms with van der Waals surface area (Å²) in [6.45, 7) is 2.07. The van der Waals surface area contributed by atoms with Crippen LogP contribution < -0.4 is 0 Å². The molecule has 0 aliphatic carbocycles. The van der Waals surface area contributed by atoms with E-state index in [0.29, 0.717) is 0 Å². The van der Waals surface area contributed by atoms with Gasteiger partial charge in [-0.3, -0.25) is 0 Å². The van der Waals surface area contributed by atoms with E-state index in [-0.39, 0.29) is 0 Å². The molecule has 1 rings (SSSR count). The van der Waals surface area contributed by atoms with E-state index in [0.717, 1.165) is 0 Å². The van der Waals surface area contributed by atoms with Crippen molar-refractivity contribution in [2.45, 2.75) is 25.0 Å². The molecule has 0 spiro atoms. The van der Waals surface area contributed by atoms with E-state index in [1.807, 2.05) is 23.0 Å². The molecule has 0 saturated carbocycles. The Bertz CT molecular complexity index is 195. The molecule has 2 nitrogen and oxygen atoms in total. The van der Waals surface area contributed by atoms with Gasteiger partial charge >= 0.3 is 69.5 Å². The van der Waals surface area contributed by atoms with Crippen molar-refractivity contribution < 1.29 is 0 Å². The van der Waals surface area contributed by atoms with Crippen LogP contribution in [0.3, 0.4) is 0 Å². The van der Waals surface area contributed by atoms with Gasteiger partial charge in [-0.05, 0) is 0 Å². The van der Waals surface area contributed by atoms with Gasteiger partial charge in [-0.25, -0.2) is 0 Å². The van der Waals surface area contributed by atoms with Crippen LogP contribution >= 0.6 is 0 Å². The van der Waals surface area contributed by atoms with Crippen LogP contribution in [0.1, 0.15) is 17.7 Å². The second-order valence-electron chi connectivity index (χ2n) is 2.41. The second kappa shape index (κ2) is 3.82. The van der Waals surface area contributed by atoms with Crippen molar-refractivity contribution in [2.24, 2.45) is 0 Å². The molecule has 1 aromatic rings. The van der Waals surface area contributed by atoms with E-state index in [1.165, 1.54) is 29.3 Å². The van der Waals surface area contributed by atoms with Crippen molar-refractivity contribution in [3.8, 4) is 0 Å². The van der Waals surface area contributed by atoms with Gasteiger partial charge in [0.05, 0.1) is 0 Å². The minimum absolute atomic E-state index is 1.18. The van der Waals surface area contributed by atoms with Crippen LogP contribution in [0.2, 0.25) is 5.21 Å². The first kappa shape index (κ1) is 7.87. The molecule has 0 aromatic carbocycles. The molecule has 1 unspecified atom stereocenters. The Hall–Kier alpha value is -0.232. The Kier molecular flexibility index (Phi) is 3.01. The fourth-order valence-corrected chi connectivity index (χ4v) is 1.35. The zero-order valence-electron chi connectivity index (χ0n) is 6.22. The molecule has 0 fully saturated rings. The topological polar surface area (TPSA) is 28.7 Å². The first-order valence-corrected chi connectivity index (χ1v) is 5.25. The molecule has 1 atom stereocenters. The molecule has 0 aliphatic rings. The SMILES string of the molecule is Cc1[nH]ncc1CCC[AsH2]. The third kappa shape index (κ3) is 1.88. The quantitative estimate of drug-likeness (QED) is 0.715. The molecule has 0 aliphatic heterocycles. The van der Waals surface area contributed by atoms with Gasteiger partial charge in [0, 0.05) is 0 Å². The molecule has 1 N–H and O–H groups in total. The Labute approximate surface area is 69.9 Å². The van der Waals surface area contributed by atoms with Crippen molar-refractivity contribution in [3.63, 3.8) is 0 Å². The summed E-state index contributed by atoms with van der Waals surface area (Å²) in [6, 6.07) is 0. The normalized spacial score (nSPS) is 10.2. The van der Waals surface area contributed by atoms with Crippen molar-refractivity contribution in [1.82, 2.24) is 10.2 Å². The molecule has 0 amide bonds. The second-order valence-corrected chi connectivity index (χ2v) is 3.62. The summed E-state index contributed by atoms with van der Waals surface area (Å²) in [7, 11) is 0. The predicted molar refractivity (Wildman–Crippen MR) is 45.0 cm³/mol. The van der Waals surface area contributed by atoms with Crippen LogP contribution in [-0.2, 0) is 6.42 Å². The van der Waals surface area contributed by atoms with Crippen LogP contribution in [-0.4, -0.2) is 27.1 Å². The monoisotopic (exact) mass is 200 g/mol. The van der Waals surface area contributed by atoms with E-state index in [4.69, 9.17) is 0 Å². The number of hydrogen-bond donors (Lipinski definition) is 1. The number of nitrogens with one attached hydrogen (secondary N) is 1. The van der Waals surface area contributed by atoms with E-state index < -0.39 is 0 Å². The number of hydrogen-bond acceptors (Lipinski definition) is 1. The van der Waals surface area contributed by atoms with Crippen LogP contribution in [0.5, 0.6) is 0 Å². The van der Waals surface area contributed by atoms with Crippen LogP contribution in [0.4, 0.5) is 0 Å². The van der Waals surface area contributed by atoms with Gasteiger partial charge in [-0.15, -0.1) is 0 Å². The van der Waals surface area contributed by atoms with Crippen molar-refractivity contribution in [1.29, 1.82) is 0 Å². The van der Waals surface area contributed by atoms with E-state index in [9.17, 15) is 0 Å². The average molecular weight is 200 g/mol. The van der Waals surface area contributed by atoms with E-state index >= 15 is 0 Å². The van der Waals surface area contributed by atoms with Crippen LogP contribution in [0, 0.1) is 6.92 Å². The number of H-pyrrole nitrogens is 1. The standard InChI is InChI=1S/C7H13AsN2/c1-6-7(3-2-4-8)5-9-10-6/h5H,2-4,8H2,1H3,(H,9,10). The third-order valence-electron chi connectivity index (χ3n) is 1.58. The van der Waals surface area contributed by atoms with Crippen molar-refractivity contribution in [3.05, 3.63) is 17.5 Å². The zero-order chi connectivity index (χ0) is 7.40. The summed E-state index contributed by atoms with van der Waals surface area (Å²) in [5, 5.41) is 8.20. The molecule has 0 bridgehead atoms. The Morgan fingerprint density at radius 1 is 1.70 bits per heavy atom. The summed E-state index contributed by atoms with van der Waals surface area (Å²) < 4.78 is 0. The first-order chi connectivity index (χ1) is 4.84. The number of aryl methyl sites for hydroxylation is 2. The molecule has 0 saturated heterocycles. The minimum atomic E-state index is 1.18. The van der Waals surface area contributed by atoms with Crippen LogP contribution in [0.25, 0.3) is 0 Å². The van der Waals surface area contributed by atoms with Gasteiger partial charge in [0.15, 0.2) is 0 Å². The first-order valence-electron chi connectivity index (χ1n) is 3.53. The summed E-state index contributed by atoms with van der Waals surface area (Å²) in [4.78, 5) is 0.